The highest BCUT2D eigenvalue weighted by molar-refractivity contribution is 6.05. The van der Waals surface area contributed by atoms with Gasteiger partial charge in [-0.3, -0.25) is 14.7 Å². The fourth-order valence-electron chi connectivity index (χ4n) is 4.43. The lowest BCUT2D eigenvalue weighted by molar-refractivity contribution is -0.142. The molecule has 1 aromatic carbocycles. The quantitative estimate of drug-likeness (QED) is 0.517. The first-order valence-electron chi connectivity index (χ1n) is 11.0. The van der Waals surface area contributed by atoms with Gasteiger partial charge in [0.1, 0.15) is 17.3 Å². The van der Waals surface area contributed by atoms with Crippen LogP contribution in [0.3, 0.4) is 0 Å². The number of benzene rings is 1. The molecule has 0 N–H and O–H groups in total. The monoisotopic (exact) mass is 466 g/mol. The summed E-state index contributed by atoms with van der Waals surface area (Å²) in [5.41, 5.74) is 3.49. The van der Waals surface area contributed by atoms with Gasteiger partial charge >= 0.3 is 11.9 Å². The third kappa shape index (κ3) is 4.51. The van der Waals surface area contributed by atoms with Gasteiger partial charge in [0.15, 0.2) is 0 Å². The van der Waals surface area contributed by atoms with Crippen LogP contribution in [0.4, 0.5) is 10.2 Å². The lowest BCUT2D eigenvalue weighted by Gasteiger charge is -2.36. The number of piperazine rings is 1. The standard InChI is InChI=1S/C25H27FN4O4/c1-28-23(25(32)34-3)21(17-4-6-19(26)7-5-17)22(18-8-10-27-11-9-18)24(28)30-14-12-29(13-15-30)16-20(31)33-2/h4-11H,12-16H2,1-3H3. The van der Waals surface area contributed by atoms with Gasteiger partial charge in [-0.25, -0.2) is 9.18 Å². The van der Waals surface area contributed by atoms with E-state index in [4.69, 9.17) is 9.47 Å². The van der Waals surface area contributed by atoms with Gasteiger partial charge < -0.3 is 18.9 Å². The molecule has 3 heterocycles. The molecule has 0 bridgehead atoms. The van der Waals surface area contributed by atoms with Gasteiger partial charge in [0.05, 0.1) is 20.8 Å². The Labute approximate surface area is 197 Å². The van der Waals surface area contributed by atoms with Crippen molar-refractivity contribution in [2.24, 2.45) is 7.05 Å². The SMILES string of the molecule is COC(=O)CN1CCN(c2c(-c3ccncc3)c(-c3ccc(F)cc3)c(C(=O)OC)n2C)CC1. The van der Waals surface area contributed by atoms with E-state index in [0.717, 1.165) is 16.9 Å². The third-order valence-electron chi connectivity index (χ3n) is 6.10. The Kier molecular flexibility index (Phi) is 6.93. The van der Waals surface area contributed by atoms with Crippen LogP contribution in [-0.4, -0.2) is 73.3 Å². The minimum absolute atomic E-state index is 0.239. The molecule has 9 heteroatoms. The predicted molar refractivity (Wildman–Crippen MR) is 126 cm³/mol. The molecule has 178 valence electrons. The second kappa shape index (κ2) is 10.0. The van der Waals surface area contributed by atoms with Crippen LogP contribution >= 0.6 is 0 Å². The largest absolute Gasteiger partial charge is 0.468 e. The number of esters is 2. The van der Waals surface area contributed by atoms with Crippen molar-refractivity contribution in [2.75, 3.05) is 51.8 Å². The van der Waals surface area contributed by atoms with Crippen molar-refractivity contribution in [3.63, 3.8) is 0 Å². The number of pyridine rings is 1. The number of rotatable bonds is 6. The van der Waals surface area contributed by atoms with Crippen LogP contribution in [0.5, 0.6) is 0 Å². The van der Waals surface area contributed by atoms with Crippen molar-refractivity contribution in [1.29, 1.82) is 0 Å². The number of nitrogens with zero attached hydrogens (tertiary/aromatic N) is 4. The molecule has 8 nitrogen and oxygen atoms in total. The molecular weight excluding hydrogens is 439 g/mol. The molecule has 0 spiro atoms. The molecule has 0 amide bonds. The number of methoxy groups -OCH3 is 2. The summed E-state index contributed by atoms with van der Waals surface area (Å²) in [7, 11) is 4.57. The number of ether oxygens (including phenoxy) is 2. The molecule has 0 unspecified atom stereocenters. The number of aromatic nitrogens is 2. The van der Waals surface area contributed by atoms with Crippen LogP contribution in [0.25, 0.3) is 22.3 Å². The Bertz CT molecular complexity index is 1170. The fraction of sp³-hybridized carbons (Fsp3) is 0.320. The number of carbonyl (C=O) groups is 2. The van der Waals surface area contributed by atoms with E-state index >= 15 is 0 Å². The van der Waals surface area contributed by atoms with Crippen molar-refractivity contribution < 1.29 is 23.5 Å². The minimum Gasteiger partial charge on any atom is -0.468 e. The van der Waals surface area contributed by atoms with Crippen LogP contribution in [0.15, 0.2) is 48.8 Å². The summed E-state index contributed by atoms with van der Waals surface area (Å²) >= 11 is 0. The Morgan fingerprint density at radius 2 is 1.53 bits per heavy atom. The van der Waals surface area contributed by atoms with Gasteiger partial charge in [0.2, 0.25) is 0 Å². The molecule has 1 aliphatic rings. The van der Waals surface area contributed by atoms with Gasteiger partial charge in [-0.1, -0.05) is 12.1 Å². The second-order valence-corrected chi connectivity index (χ2v) is 8.05. The Hall–Kier alpha value is -3.72. The summed E-state index contributed by atoms with van der Waals surface area (Å²) in [4.78, 5) is 33.0. The number of hydrogen-bond acceptors (Lipinski definition) is 7. The molecule has 2 aromatic heterocycles. The average molecular weight is 467 g/mol. The first-order valence-corrected chi connectivity index (χ1v) is 11.0. The molecule has 1 aliphatic heterocycles. The Balaban J connectivity index is 1.86. The predicted octanol–water partition coefficient (Wildman–Crippen LogP) is 2.97. The van der Waals surface area contributed by atoms with Crippen molar-refractivity contribution in [1.82, 2.24) is 14.5 Å². The summed E-state index contributed by atoms with van der Waals surface area (Å²) in [6.45, 7) is 2.86. The van der Waals surface area contributed by atoms with Gasteiger partial charge in [-0.2, -0.15) is 0 Å². The third-order valence-corrected chi connectivity index (χ3v) is 6.10. The highest BCUT2D eigenvalue weighted by atomic mass is 19.1. The first-order chi connectivity index (χ1) is 16.4. The molecule has 34 heavy (non-hydrogen) atoms. The lowest BCUT2D eigenvalue weighted by atomic mass is 9.96. The van der Waals surface area contributed by atoms with E-state index < -0.39 is 5.97 Å². The van der Waals surface area contributed by atoms with E-state index in [1.165, 1.54) is 26.4 Å². The van der Waals surface area contributed by atoms with Crippen LogP contribution < -0.4 is 4.90 Å². The van der Waals surface area contributed by atoms with Gasteiger partial charge in [-0.05, 0) is 35.4 Å². The van der Waals surface area contributed by atoms with Crippen molar-refractivity contribution >= 4 is 17.8 Å². The smallest absolute Gasteiger partial charge is 0.355 e. The van der Waals surface area contributed by atoms with Crippen LogP contribution in [0, 0.1) is 5.82 Å². The molecule has 1 saturated heterocycles. The maximum absolute atomic E-state index is 13.7. The molecule has 4 rings (SSSR count). The zero-order chi connectivity index (χ0) is 24.2. The Morgan fingerprint density at radius 3 is 2.12 bits per heavy atom. The minimum atomic E-state index is -0.479. The van der Waals surface area contributed by atoms with E-state index in [1.807, 2.05) is 28.6 Å². The van der Waals surface area contributed by atoms with Gasteiger partial charge in [0.25, 0.3) is 0 Å². The summed E-state index contributed by atoms with van der Waals surface area (Å²) in [6, 6.07) is 9.87. The normalized spacial score (nSPS) is 14.2. The molecule has 1 fully saturated rings. The number of halogens is 1. The lowest BCUT2D eigenvalue weighted by Crippen LogP contribution is -2.48. The molecule has 0 radical (unpaired) electrons. The summed E-state index contributed by atoms with van der Waals surface area (Å²) in [5.74, 6) is -0.251. The van der Waals surface area contributed by atoms with E-state index in [0.29, 0.717) is 43.0 Å². The van der Waals surface area contributed by atoms with E-state index in [9.17, 15) is 14.0 Å². The number of anilines is 1. The maximum Gasteiger partial charge on any atom is 0.355 e. The molecule has 0 atom stereocenters. The summed E-state index contributed by atoms with van der Waals surface area (Å²) in [5, 5.41) is 0. The zero-order valence-corrected chi connectivity index (χ0v) is 19.5. The van der Waals surface area contributed by atoms with Crippen LogP contribution in [-0.2, 0) is 21.3 Å². The van der Waals surface area contributed by atoms with Crippen LogP contribution in [0.2, 0.25) is 0 Å². The fourth-order valence-corrected chi connectivity index (χ4v) is 4.43. The Morgan fingerprint density at radius 1 is 0.912 bits per heavy atom. The van der Waals surface area contributed by atoms with E-state index in [2.05, 4.69) is 9.88 Å². The summed E-state index contributed by atoms with van der Waals surface area (Å²) in [6.07, 6.45) is 3.40. The summed E-state index contributed by atoms with van der Waals surface area (Å²) < 4.78 is 25.5. The number of hydrogen-bond donors (Lipinski definition) is 0. The van der Waals surface area contributed by atoms with Gasteiger partial charge in [0, 0.05) is 56.7 Å². The number of carbonyl (C=O) groups excluding carboxylic acids is 2. The highest BCUT2D eigenvalue weighted by Gasteiger charge is 2.32. The maximum atomic E-state index is 13.7. The molecule has 3 aromatic rings. The molecule has 0 saturated carbocycles. The zero-order valence-electron chi connectivity index (χ0n) is 19.5. The molecular formula is C25H27FN4O4. The van der Waals surface area contributed by atoms with E-state index in [1.54, 1.807) is 24.5 Å². The van der Waals surface area contributed by atoms with Crippen molar-refractivity contribution in [3.05, 3.63) is 60.3 Å². The topological polar surface area (TPSA) is 76.9 Å². The van der Waals surface area contributed by atoms with Crippen LogP contribution in [0.1, 0.15) is 10.5 Å². The van der Waals surface area contributed by atoms with Crippen molar-refractivity contribution in [3.8, 4) is 22.3 Å². The highest BCUT2D eigenvalue weighted by Crippen LogP contribution is 2.44. The average Bonchev–Trinajstić information content (AvgIpc) is 3.17. The molecule has 0 aliphatic carbocycles. The van der Waals surface area contributed by atoms with E-state index in [-0.39, 0.29) is 18.3 Å². The first kappa shape index (κ1) is 23.4. The van der Waals surface area contributed by atoms with Gasteiger partial charge in [-0.15, -0.1) is 0 Å². The second-order valence-electron chi connectivity index (χ2n) is 8.05. The van der Waals surface area contributed by atoms with Crippen molar-refractivity contribution in [2.45, 2.75) is 0 Å².